The van der Waals surface area contributed by atoms with E-state index in [0.717, 1.165) is 6.08 Å². The molecular formula is C15H15F2NO4. The summed E-state index contributed by atoms with van der Waals surface area (Å²) in [5.41, 5.74) is 0.592. The van der Waals surface area contributed by atoms with Gasteiger partial charge in [-0.1, -0.05) is 18.2 Å². The number of amides is 1. The number of hydrogen-bond acceptors (Lipinski definition) is 4. The summed E-state index contributed by atoms with van der Waals surface area (Å²) >= 11 is 0. The molecule has 22 heavy (non-hydrogen) atoms. The van der Waals surface area contributed by atoms with Gasteiger partial charge >= 0.3 is 12.6 Å². The van der Waals surface area contributed by atoms with Crippen molar-refractivity contribution in [3.8, 4) is 5.75 Å². The standard InChI is InChI=1S/C15H15F2NO4/c1-2-9-18-13(19)10-21-14(20)8-5-11-3-6-12(7-4-11)22-15(16)17/h2-8,15H,1,9-10H2,(H,18,19). The predicted octanol–water partition coefficient (Wildman–Crippen LogP) is 2.15. The number of ether oxygens (including phenoxy) is 2. The zero-order valence-electron chi connectivity index (χ0n) is 11.6. The minimum Gasteiger partial charge on any atom is -0.452 e. The Morgan fingerprint density at radius 3 is 2.55 bits per heavy atom. The number of benzene rings is 1. The fourth-order valence-electron chi connectivity index (χ4n) is 1.35. The van der Waals surface area contributed by atoms with Crippen LogP contribution in [0.15, 0.2) is 43.0 Å². The van der Waals surface area contributed by atoms with E-state index in [0.29, 0.717) is 12.1 Å². The van der Waals surface area contributed by atoms with E-state index in [-0.39, 0.29) is 5.75 Å². The molecule has 0 aliphatic heterocycles. The largest absolute Gasteiger partial charge is 0.452 e. The summed E-state index contributed by atoms with van der Waals surface area (Å²) in [4.78, 5) is 22.5. The molecule has 1 aromatic rings. The number of rotatable bonds is 8. The normalized spacial score (nSPS) is 10.5. The van der Waals surface area contributed by atoms with Crippen molar-refractivity contribution in [1.29, 1.82) is 0 Å². The van der Waals surface area contributed by atoms with Crippen LogP contribution in [0.5, 0.6) is 5.75 Å². The van der Waals surface area contributed by atoms with Crippen molar-refractivity contribution in [3.63, 3.8) is 0 Å². The van der Waals surface area contributed by atoms with Gasteiger partial charge in [-0.3, -0.25) is 4.79 Å². The van der Waals surface area contributed by atoms with Gasteiger partial charge in [-0.25, -0.2) is 4.79 Å². The number of carbonyl (C=O) groups is 2. The lowest BCUT2D eigenvalue weighted by atomic mass is 10.2. The van der Waals surface area contributed by atoms with E-state index >= 15 is 0 Å². The van der Waals surface area contributed by atoms with Gasteiger partial charge in [-0.2, -0.15) is 8.78 Å². The third kappa shape index (κ3) is 7.18. The molecule has 0 atom stereocenters. The number of halogens is 2. The van der Waals surface area contributed by atoms with Crippen molar-refractivity contribution < 1.29 is 27.8 Å². The molecule has 0 radical (unpaired) electrons. The van der Waals surface area contributed by atoms with Gasteiger partial charge < -0.3 is 14.8 Å². The molecule has 0 heterocycles. The topological polar surface area (TPSA) is 64.6 Å². The first-order valence-electron chi connectivity index (χ1n) is 6.28. The van der Waals surface area contributed by atoms with Gasteiger partial charge in [0.05, 0.1) is 0 Å². The first-order chi connectivity index (χ1) is 10.5. The van der Waals surface area contributed by atoms with E-state index < -0.39 is 25.1 Å². The third-order valence-corrected chi connectivity index (χ3v) is 2.31. The summed E-state index contributed by atoms with van der Waals surface area (Å²) in [5.74, 6) is -1.11. The maximum absolute atomic E-state index is 12.0. The van der Waals surface area contributed by atoms with Crippen LogP contribution in [-0.2, 0) is 14.3 Å². The molecule has 0 aliphatic carbocycles. The molecule has 7 heteroatoms. The van der Waals surface area contributed by atoms with Gasteiger partial charge in [-0.05, 0) is 23.8 Å². The Labute approximate surface area is 126 Å². The first kappa shape index (κ1) is 17.4. The lowest BCUT2D eigenvalue weighted by Crippen LogP contribution is -2.28. The van der Waals surface area contributed by atoms with Crippen LogP contribution in [0.25, 0.3) is 6.08 Å². The van der Waals surface area contributed by atoms with Crippen molar-refractivity contribution in [2.75, 3.05) is 13.2 Å². The van der Waals surface area contributed by atoms with E-state index in [1.807, 2.05) is 0 Å². The summed E-state index contributed by atoms with van der Waals surface area (Å²) in [5, 5.41) is 2.45. The second-order valence-electron chi connectivity index (χ2n) is 3.98. The second-order valence-corrected chi connectivity index (χ2v) is 3.98. The molecule has 0 saturated carbocycles. The van der Waals surface area contributed by atoms with E-state index in [2.05, 4.69) is 16.6 Å². The Morgan fingerprint density at radius 1 is 1.27 bits per heavy atom. The molecule has 0 aliphatic rings. The molecule has 1 amide bonds. The predicted molar refractivity (Wildman–Crippen MR) is 76.3 cm³/mol. The van der Waals surface area contributed by atoms with Gasteiger partial charge in [0.25, 0.3) is 5.91 Å². The molecule has 0 fully saturated rings. The number of nitrogens with one attached hydrogen (secondary N) is 1. The van der Waals surface area contributed by atoms with Crippen LogP contribution in [0.4, 0.5) is 8.78 Å². The van der Waals surface area contributed by atoms with E-state index in [4.69, 9.17) is 4.74 Å². The fraction of sp³-hybridized carbons (Fsp3) is 0.200. The van der Waals surface area contributed by atoms with Crippen LogP contribution in [0.2, 0.25) is 0 Å². The summed E-state index contributed by atoms with van der Waals surface area (Å²) in [6.07, 6.45) is 4.06. The molecule has 0 unspecified atom stereocenters. The van der Waals surface area contributed by atoms with Crippen molar-refractivity contribution in [2.24, 2.45) is 0 Å². The maximum Gasteiger partial charge on any atom is 0.387 e. The molecule has 5 nitrogen and oxygen atoms in total. The lowest BCUT2D eigenvalue weighted by molar-refractivity contribution is -0.143. The summed E-state index contributed by atoms with van der Waals surface area (Å²) in [6.45, 7) is 0.443. The first-order valence-corrected chi connectivity index (χ1v) is 6.28. The molecule has 0 aromatic heterocycles. The number of hydrogen-bond donors (Lipinski definition) is 1. The smallest absolute Gasteiger partial charge is 0.387 e. The Hall–Kier alpha value is -2.70. The summed E-state index contributed by atoms with van der Waals surface area (Å²) in [6, 6.07) is 5.69. The van der Waals surface area contributed by atoms with Crippen molar-refractivity contribution in [1.82, 2.24) is 5.32 Å². The zero-order valence-corrected chi connectivity index (χ0v) is 11.6. The monoisotopic (exact) mass is 311 g/mol. The van der Waals surface area contributed by atoms with Gasteiger partial charge in [0.15, 0.2) is 6.61 Å². The van der Waals surface area contributed by atoms with Gasteiger partial charge in [0, 0.05) is 12.6 Å². The van der Waals surface area contributed by atoms with Gasteiger partial charge in [0.2, 0.25) is 0 Å². The Morgan fingerprint density at radius 2 is 1.95 bits per heavy atom. The molecule has 1 aromatic carbocycles. The maximum atomic E-state index is 12.0. The minimum atomic E-state index is -2.89. The molecule has 0 spiro atoms. The van der Waals surface area contributed by atoms with Gasteiger partial charge in [0.1, 0.15) is 5.75 Å². The number of esters is 1. The average molecular weight is 311 g/mol. The van der Waals surface area contributed by atoms with Crippen LogP contribution < -0.4 is 10.1 Å². The zero-order chi connectivity index (χ0) is 16.4. The fourth-order valence-corrected chi connectivity index (χ4v) is 1.35. The minimum absolute atomic E-state index is 0.0219. The van der Waals surface area contributed by atoms with Crippen LogP contribution in [0.1, 0.15) is 5.56 Å². The van der Waals surface area contributed by atoms with E-state index in [1.165, 1.54) is 36.4 Å². The van der Waals surface area contributed by atoms with Crippen molar-refractivity contribution in [2.45, 2.75) is 6.61 Å². The Kier molecular flexibility index (Phi) is 7.32. The Balaban J connectivity index is 2.41. The Bertz CT molecular complexity index is 541. The second kappa shape index (κ2) is 9.28. The molecule has 118 valence electrons. The SMILES string of the molecule is C=CCNC(=O)COC(=O)C=Cc1ccc(OC(F)F)cc1. The number of alkyl halides is 2. The van der Waals surface area contributed by atoms with E-state index in [9.17, 15) is 18.4 Å². The molecule has 1 N–H and O–H groups in total. The highest BCUT2D eigenvalue weighted by molar-refractivity contribution is 5.89. The average Bonchev–Trinajstić information content (AvgIpc) is 2.49. The van der Waals surface area contributed by atoms with Crippen molar-refractivity contribution in [3.05, 3.63) is 48.6 Å². The highest BCUT2D eigenvalue weighted by Crippen LogP contribution is 2.15. The molecule has 1 rings (SSSR count). The molecule has 0 bridgehead atoms. The summed E-state index contributed by atoms with van der Waals surface area (Å²) in [7, 11) is 0. The highest BCUT2D eigenvalue weighted by Gasteiger charge is 2.04. The van der Waals surface area contributed by atoms with Crippen LogP contribution in [0, 0.1) is 0 Å². The quantitative estimate of drug-likeness (QED) is 0.454. The van der Waals surface area contributed by atoms with Crippen molar-refractivity contribution >= 4 is 18.0 Å². The summed E-state index contributed by atoms with van der Waals surface area (Å²) < 4.78 is 32.8. The van der Waals surface area contributed by atoms with Crippen LogP contribution in [0.3, 0.4) is 0 Å². The molecular weight excluding hydrogens is 296 g/mol. The molecule has 0 saturated heterocycles. The van der Waals surface area contributed by atoms with E-state index in [1.54, 1.807) is 0 Å². The number of carbonyl (C=O) groups excluding carboxylic acids is 2. The van der Waals surface area contributed by atoms with Crippen LogP contribution in [-0.4, -0.2) is 31.6 Å². The van der Waals surface area contributed by atoms with Crippen LogP contribution >= 0.6 is 0 Å². The third-order valence-electron chi connectivity index (χ3n) is 2.31. The highest BCUT2D eigenvalue weighted by atomic mass is 19.3. The van der Waals surface area contributed by atoms with Gasteiger partial charge in [-0.15, -0.1) is 6.58 Å². The lowest BCUT2D eigenvalue weighted by Gasteiger charge is -2.04.